The molecule has 5 heteroatoms. The van der Waals surface area contributed by atoms with Gasteiger partial charge in [-0.2, -0.15) is 0 Å². The van der Waals surface area contributed by atoms with E-state index < -0.39 is 6.10 Å². The first-order valence-electron chi connectivity index (χ1n) is 8.39. The van der Waals surface area contributed by atoms with E-state index in [1.807, 2.05) is 57.2 Å². The van der Waals surface area contributed by atoms with Crippen LogP contribution in [0.5, 0.6) is 5.75 Å². The van der Waals surface area contributed by atoms with Crippen LogP contribution in [-0.2, 0) is 4.79 Å². The molecule has 2 aromatic carbocycles. The number of halogens is 1. The maximum Gasteiger partial charge on any atom is 0.261 e. The van der Waals surface area contributed by atoms with E-state index in [2.05, 4.69) is 11.4 Å². The predicted molar refractivity (Wildman–Crippen MR) is 106 cm³/mol. The highest BCUT2D eigenvalue weighted by atomic mass is 35.5. The molecule has 0 aliphatic carbocycles. The molecule has 0 spiro atoms. The minimum atomic E-state index is -0.470. The van der Waals surface area contributed by atoms with Gasteiger partial charge in [0, 0.05) is 22.2 Å². The van der Waals surface area contributed by atoms with E-state index in [0.29, 0.717) is 13.0 Å². The van der Waals surface area contributed by atoms with Gasteiger partial charge in [0.25, 0.3) is 5.91 Å². The molecule has 1 N–H and O–H groups in total. The van der Waals surface area contributed by atoms with Crippen LogP contribution in [0.3, 0.4) is 0 Å². The summed E-state index contributed by atoms with van der Waals surface area (Å²) in [4.78, 5) is 13.5. The van der Waals surface area contributed by atoms with Crippen molar-refractivity contribution in [3.05, 3.63) is 58.6 Å². The van der Waals surface area contributed by atoms with Crippen molar-refractivity contribution in [1.82, 2.24) is 5.32 Å². The first-order chi connectivity index (χ1) is 12.0. The fraction of sp³-hybridized carbons (Fsp3) is 0.350. The topological polar surface area (TPSA) is 38.3 Å². The standard InChI is InChI=1S/C20H24ClNO2S/c1-4-18(24-19-10-5-14(2)13-15(19)3)20(23)22-11-12-25-17-8-6-16(21)7-9-17/h5-10,13,18H,4,11-12H2,1-3H3,(H,22,23)/t18-/m0/s1. The number of ether oxygens (including phenoxy) is 1. The molecule has 0 radical (unpaired) electrons. The molecule has 0 saturated heterocycles. The van der Waals surface area contributed by atoms with Gasteiger partial charge in [0.1, 0.15) is 5.75 Å². The van der Waals surface area contributed by atoms with Crippen LogP contribution in [0.2, 0.25) is 5.02 Å². The first kappa shape index (κ1) is 19.7. The van der Waals surface area contributed by atoms with Crippen molar-refractivity contribution in [1.29, 1.82) is 0 Å². The highest BCUT2D eigenvalue weighted by Crippen LogP contribution is 2.21. The lowest BCUT2D eigenvalue weighted by Crippen LogP contribution is -2.39. The van der Waals surface area contributed by atoms with E-state index in [0.717, 1.165) is 27.0 Å². The number of rotatable bonds is 8. The molecular formula is C20H24ClNO2S. The van der Waals surface area contributed by atoms with Crippen molar-refractivity contribution in [3.63, 3.8) is 0 Å². The van der Waals surface area contributed by atoms with Gasteiger partial charge in [0.05, 0.1) is 0 Å². The van der Waals surface area contributed by atoms with Crippen LogP contribution in [0.1, 0.15) is 24.5 Å². The molecule has 2 rings (SSSR count). The SMILES string of the molecule is CC[C@H](Oc1ccc(C)cc1C)C(=O)NCCSc1ccc(Cl)cc1. The Morgan fingerprint density at radius 3 is 2.56 bits per heavy atom. The summed E-state index contributed by atoms with van der Waals surface area (Å²) in [5.74, 6) is 1.50. The highest BCUT2D eigenvalue weighted by Gasteiger charge is 2.18. The second-order valence-electron chi connectivity index (χ2n) is 5.88. The van der Waals surface area contributed by atoms with Crippen LogP contribution < -0.4 is 10.1 Å². The van der Waals surface area contributed by atoms with Gasteiger partial charge < -0.3 is 10.1 Å². The van der Waals surface area contributed by atoms with Gasteiger partial charge in [-0.1, -0.05) is 36.2 Å². The molecule has 0 aliphatic rings. The minimum absolute atomic E-state index is 0.0702. The quantitative estimate of drug-likeness (QED) is 0.518. The van der Waals surface area contributed by atoms with E-state index in [-0.39, 0.29) is 5.91 Å². The van der Waals surface area contributed by atoms with E-state index in [1.165, 1.54) is 5.56 Å². The Morgan fingerprint density at radius 2 is 1.92 bits per heavy atom. The Morgan fingerprint density at radius 1 is 1.20 bits per heavy atom. The van der Waals surface area contributed by atoms with Crippen molar-refractivity contribution < 1.29 is 9.53 Å². The predicted octanol–water partition coefficient (Wildman–Crippen LogP) is 5.02. The molecule has 0 aliphatic heterocycles. The number of benzene rings is 2. The van der Waals surface area contributed by atoms with Crippen LogP contribution in [0.15, 0.2) is 47.4 Å². The fourth-order valence-corrected chi connectivity index (χ4v) is 3.29. The molecular weight excluding hydrogens is 354 g/mol. The lowest BCUT2D eigenvalue weighted by atomic mass is 10.1. The zero-order valence-electron chi connectivity index (χ0n) is 14.8. The van der Waals surface area contributed by atoms with Gasteiger partial charge >= 0.3 is 0 Å². The fourth-order valence-electron chi connectivity index (χ4n) is 2.39. The monoisotopic (exact) mass is 377 g/mol. The number of thioether (sulfide) groups is 1. The molecule has 0 bridgehead atoms. The number of hydrogen-bond acceptors (Lipinski definition) is 3. The van der Waals surface area contributed by atoms with Crippen LogP contribution in [0.25, 0.3) is 0 Å². The lowest BCUT2D eigenvalue weighted by molar-refractivity contribution is -0.128. The van der Waals surface area contributed by atoms with E-state index in [1.54, 1.807) is 11.8 Å². The van der Waals surface area contributed by atoms with Gasteiger partial charge in [-0.15, -0.1) is 11.8 Å². The number of amides is 1. The molecule has 0 heterocycles. The van der Waals surface area contributed by atoms with Crippen molar-refractivity contribution in [2.45, 2.75) is 38.2 Å². The van der Waals surface area contributed by atoms with Crippen molar-refractivity contribution >= 4 is 29.3 Å². The van der Waals surface area contributed by atoms with Gasteiger partial charge in [-0.05, 0) is 56.2 Å². The molecule has 1 atom stereocenters. The van der Waals surface area contributed by atoms with Gasteiger partial charge in [0.15, 0.2) is 6.10 Å². The maximum absolute atomic E-state index is 12.4. The van der Waals surface area contributed by atoms with Crippen LogP contribution in [-0.4, -0.2) is 24.3 Å². The first-order valence-corrected chi connectivity index (χ1v) is 9.76. The van der Waals surface area contributed by atoms with Gasteiger partial charge in [-0.25, -0.2) is 0 Å². The zero-order chi connectivity index (χ0) is 18.2. The second-order valence-corrected chi connectivity index (χ2v) is 7.48. The summed E-state index contributed by atoms with van der Waals surface area (Å²) < 4.78 is 5.91. The molecule has 0 aromatic heterocycles. The summed E-state index contributed by atoms with van der Waals surface area (Å²) in [6.45, 7) is 6.59. The summed E-state index contributed by atoms with van der Waals surface area (Å²) in [6, 6.07) is 13.7. The number of aryl methyl sites for hydroxylation is 2. The third-order valence-electron chi connectivity index (χ3n) is 3.75. The summed E-state index contributed by atoms with van der Waals surface area (Å²) in [7, 11) is 0. The summed E-state index contributed by atoms with van der Waals surface area (Å²) >= 11 is 7.56. The van der Waals surface area contributed by atoms with Crippen LogP contribution >= 0.6 is 23.4 Å². The summed E-state index contributed by atoms with van der Waals surface area (Å²) in [6.07, 6.45) is 0.158. The average Bonchev–Trinajstić information content (AvgIpc) is 2.59. The molecule has 0 fully saturated rings. The lowest BCUT2D eigenvalue weighted by Gasteiger charge is -2.19. The summed E-state index contributed by atoms with van der Waals surface area (Å²) in [5.41, 5.74) is 2.23. The Labute approximate surface area is 159 Å². The summed E-state index contributed by atoms with van der Waals surface area (Å²) in [5, 5.41) is 3.68. The average molecular weight is 378 g/mol. The molecule has 2 aromatic rings. The second kappa shape index (κ2) is 9.73. The number of carbonyl (C=O) groups excluding carboxylic acids is 1. The van der Waals surface area contributed by atoms with Crippen molar-refractivity contribution in [2.24, 2.45) is 0 Å². The Balaban J connectivity index is 1.80. The number of hydrogen-bond donors (Lipinski definition) is 1. The number of nitrogens with one attached hydrogen (secondary N) is 1. The third kappa shape index (κ3) is 6.29. The van der Waals surface area contributed by atoms with Crippen molar-refractivity contribution in [3.8, 4) is 5.75 Å². The van der Waals surface area contributed by atoms with Gasteiger partial charge in [-0.3, -0.25) is 4.79 Å². The molecule has 25 heavy (non-hydrogen) atoms. The Hall–Kier alpha value is -1.65. The van der Waals surface area contributed by atoms with E-state index in [4.69, 9.17) is 16.3 Å². The maximum atomic E-state index is 12.4. The zero-order valence-corrected chi connectivity index (χ0v) is 16.4. The van der Waals surface area contributed by atoms with E-state index >= 15 is 0 Å². The molecule has 1 amide bonds. The highest BCUT2D eigenvalue weighted by molar-refractivity contribution is 7.99. The normalized spacial score (nSPS) is 11.8. The van der Waals surface area contributed by atoms with Gasteiger partial charge in [0.2, 0.25) is 0 Å². The van der Waals surface area contributed by atoms with Crippen LogP contribution in [0, 0.1) is 13.8 Å². The smallest absolute Gasteiger partial charge is 0.261 e. The minimum Gasteiger partial charge on any atom is -0.480 e. The molecule has 0 unspecified atom stereocenters. The largest absolute Gasteiger partial charge is 0.480 e. The van der Waals surface area contributed by atoms with Crippen LogP contribution in [0.4, 0.5) is 0 Å². The molecule has 0 saturated carbocycles. The van der Waals surface area contributed by atoms with E-state index in [9.17, 15) is 4.79 Å². The Bertz CT molecular complexity index is 703. The number of carbonyl (C=O) groups is 1. The Kier molecular flexibility index (Phi) is 7.66. The third-order valence-corrected chi connectivity index (χ3v) is 5.01. The van der Waals surface area contributed by atoms with Crippen molar-refractivity contribution in [2.75, 3.05) is 12.3 Å². The molecule has 3 nitrogen and oxygen atoms in total. The molecule has 134 valence electrons.